The van der Waals surface area contributed by atoms with Gasteiger partial charge in [-0.15, -0.1) is 11.6 Å². The second-order valence-corrected chi connectivity index (χ2v) is 9.81. The highest BCUT2D eigenvalue weighted by molar-refractivity contribution is 7.84. The smallest absolute Gasteiger partial charge is 0.380 e. The third-order valence-electron chi connectivity index (χ3n) is 6.85. The van der Waals surface area contributed by atoms with Crippen LogP contribution in [-0.2, 0) is 16.7 Å². The van der Waals surface area contributed by atoms with Crippen molar-refractivity contribution in [1.29, 1.82) is 0 Å². The molecular formula is C18H24ClNO4S. The van der Waals surface area contributed by atoms with Crippen molar-refractivity contribution in [3.05, 3.63) is 29.3 Å². The van der Waals surface area contributed by atoms with E-state index < -0.39 is 16.4 Å². The van der Waals surface area contributed by atoms with E-state index in [1.807, 2.05) is 6.07 Å². The van der Waals surface area contributed by atoms with Crippen molar-refractivity contribution in [2.24, 2.45) is 22.4 Å². The van der Waals surface area contributed by atoms with Crippen LogP contribution in [-0.4, -0.2) is 25.0 Å². The third-order valence-corrected chi connectivity index (χ3v) is 7.69. The molecule has 2 fully saturated rings. The maximum atomic E-state index is 11.1. The Labute approximate surface area is 153 Å². The quantitative estimate of drug-likeness (QED) is 0.766. The second-order valence-electron chi connectivity index (χ2n) is 8.09. The normalized spacial score (nSPS) is 40.1. The Morgan fingerprint density at radius 3 is 2.84 bits per heavy atom. The number of benzene rings is 1. The fourth-order valence-electron chi connectivity index (χ4n) is 5.69. The summed E-state index contributed by atoms with van der Waals surface area (Å²) in [6.45, 7) is 2.19. The van der Waals surface area contributed by atoms with Crippen LogP contribution in [0.4, 0.5) is 0 Å². The van der Waals surface area contributed by atoms with Crippen molar-refractivity contribution in [3.63, 3.8) is 0 Å². The van der Waals surface area contributed by atoms with E-state index in [2.05, 4.69) is 6.92 Å². The average molecular weight is 386 g/mol. The van der Waals surface area contributed by atoms with E-state index in [1.165, 1.54) is 5.56 Å². The molecule has 0 aliphatic heterocycles. The molecule has 4 rings (SSSR count). The van der Waals surface area contributed by atoms with E-state index in [4.69, 9.17) is 20.9 Å². The molecule has 7 heteroatoms. The molecule has 138 valence electrons. The molecular weight excluding hydrogens is 362 g/mol. The van der Waals surface area contributed by atoms with Crippen LogP contribution in [0.2, 0.25) is 0 Å². The van der Waals surface area contributed by atoms with Gasteiger partial charge in [-0.05, 0) is 78.5 Å². The van der Waals surface area contributed by atoms with Gasteiger partial charge in [-0.3, -0.25) is 0 Å². The fourth-order valence-corrected chi connectivity index (χ4v) is 6.54. The van der Waals surface area contributed by atoms with E-state index in [0.29, 0.717) is 17.8 Å². The first kappa shape index (κ1) is 17.6. The van der Waals surface area contributed by atoms with E-state index >= 15 is 0 Å². The van der Waals surface area contributed by atoms with Crippen LogP contribution in [0, 0.1) is 17.3 Å². The average Bonchev–Trinajstić information content (AvgIpc) is 2.76. The van der Waals surface area contributed by atoms with Crippen LogP contribution in [0.5, 0.6) is 5.75 Å². The van der Waals surface area contributed by atoms with Crippen molar-refractivity contribution < 1.29 is 17.7 Å². The molecule has 1 aromatic rings. The fraction of sp³-hybridized carbons (Fsp3) is 0.667. The predicted octanol–water partition coefficient (Wildman–Crippen LogP) is 2.70. The number of aliphatic hydroxyl groups is 1. The molecule has 0 aromatic heterocycles. The Balaban J connectivity index is 1.64. The summed E-state index contributed by atoms with van der Waals surface area (Å²) in [7, 11) is -4.00. The van der Waals surface area contributed by atoms with Crippen LogP contribution in [0.1, 0.15) is 49.7 Å². The minimum atomic E-state index is -4.00. The first-order chi connectivity index (χ1) is 11.7. The lowest BCUT2D eigenvalue weighted by Crippen LogP contribution is -2.44. The van der Waals surface area contributed by atoms with Crippen LogP contribution in [0.15, 0.2) is 18.2 Å². The molecule has 5 nitrogen and oxygen atoms in total. The standard InChI is InChI=1S/C18H24ClNO4S/c1-18-7-6-13-12-5-3-11(24-25(20,22)23)8-10(12)2-4-14(13)15(18)9-16(19)17(18)21/h3,5,8,13-17,21H,2,4,6-7,9H2,1H3,(H2,20,22,23)/t13-,14-,15+,16-,17+,18+/m1/s1. The number of aliphatic hydroxyl groups excluding tert-OH is 1. The van der Waals surface area contributed by atoms with Gasteiger partial charge in [0, 0.05) is 0 Å². The van der Waals surface area contributed by atoms with Gasteiger partial charge in [0.2, 0.25) is 0 Å². The van der Waals surface area contributed by atoms with Crippen molar-refractivity contribution in [3.8, 4) is 5.75 Å². The van der Waals surface area contributed by atoms with Crippen LogP contribution in [0.3, 0.4) is 0 Å². The summed E-state index contributed by atoms with van der Waals surface area (Å²) < 4.78 is 27.1. The molecule has 2 saturated carbocycles. The van der Waals surface area contributed by atoms with Gasteiger partial charge in [0.05, 0.1) is 11.5 Å². The third kappa shape index (κ3) is 2.87. The van der Waals surface area contributed by atoms with Gasteiger partial charge >= 0.3 is 10.3 Å². The zero-order valence-electron chi connectivity index (χ0n) is 14.2. The minimum absolute atomic E-state index is 0.0816. The molecule has 3 N–H and O–H groups in total. The molecule has 0 spiro atoms. The summed E-state index contributed by atoms with van der Waals surface area (Å²) in [4.78, 5) is 0. The number of halogens is 1. The summed E-state index contributed by atoms with van der Waals surface area (Å²) >= 11 is 6.41. The van der Waals surface area contributed by atoms with Crippen LogP contribution in [0.25, 0.3) is 0 Å². The van der Waals surface area contributed by atoms with Gasteiger partial charge in [-0.25, -0.2) is 0 Å². The maximum absolute atomic E-state index is 11.1. The van der Waals surface area contributed by atoms with E-state index in [9.17, 15) is 13.5 Å². The number of hydrogen-bond acceptors (Lipinski definition) is 4. The summed E-state index contributed by atoms with van der Waals surface area (Å²) in [5, 5.41) is 15.4. The number of rotatable bonds is 2. The molecule has 0 saturated heterocycles. The van der Waals surface area contributed by atoms with Gasteiger partial charge in [0.25, 0.3) is 0 Å². The largest absolute Gasteiger partial charge is 0.391 e. The van der Waals surface area contributed by atoms with Crippen molar-refractivity contribution in [1.82, 2.24) is 0 Å². The predicted molar refractivity (Wildman–Crippen MR) is 95.8 cm³/mol. The first-order valence-corrected chi connectivity index (χ1v) is 10.8. The molecule has 25 heavy (non-hydrogen) atoms. The topological polar surface area (TPSA) is 89.6 Å². The molecule has 0 amide bonds. The van der Waals surface area contributed by atoms with E-state index in [0.717, 1.165) is 37.7 Å². The highest BCUT2D eigenvalue weighted by Gasteiger charge is 2.57. The van der Waals surface area contributed by atoms with Gasteiger partial charge < -0.3 is 9.29 Å². The molecule has 0 bridgehead atoms. The first-order valence-electron chi connectivity index (χ1n) is 8.86. The highest BCUT2D eigenvalue weighted by atomic mass is 35.5. The van der Waals surface area contributed by atoms with Crippen molar-refractivity contribution >= 4 is 21.9 Å². The highest BCUT2D eigenvalue weighted by Crippen LogP contribution is 2.61. The van der Waals surface area contributed by atoms with Crippen LogP contribution >= 0.6 is 11.6 Å². The summed E-state index contributed by atoms with van der Waals surface area (Å²) in [6.07, 6.45) is 4.37. The minimum Gasteiger partial charge on any atom is -0.391 e. The number of hydrogen-bond donors (Lipinski definition) is 2. The van der Waals surface area contributed by atoms with Crippen molar-refractivity contribution in [2.75, 3.05) is 0 Å². The Morgan fingerprint density at radius 1 is 1.36 bits per heavy atom. The maximum Gasteiger partial charge on any atom is 0.380 e. The summed E-state index contributed by atoms with van der Waals surface area (Å²) in [5.41, 5.74) is 2.35. The van der Waals surface area contributed by atoms with Crippen LogP contribution < -0.4 is 9.32 Å². The molecule has 0 unspecified atom stereocenters. The SMILES string of the molecule is C[C@]12CC[C@@H]3c4ccc(OS(N)(=O)=O)cc4CC[C@H]3[C@@H]1C[C@@H](Cl)[C@@H]2O. The Morgan fingerprint density at radius 2 is 2.12 bits per heavy atom. The number of alkyl halides is 1. The van der Waals surface area contributed by atoms with E-state index in [1.54, 1.807) is 12.1 Å². The zero-order valence-corrected chi connectivity index (χ0v) is 15.8. The molecule has 6 atom stereocenters. The Kier molecular flexibility index (Phi) is 4.11. The molecule has 3 aliphatic rings. The lowest BCUT2D eigenvalue weighted by Gasteiger charge is -2.50. The van der Waals surface area contributed by atoms with E-state index in [-0.39, 0.29) is 16.5 Å². The Bertz CT molecular complexity index is 798. The lowest BCUT2D eigenvalue weighted by molar-refractivity contribution is -0.0219. The molecule has 1 aromatic carbocycles. The number of nitrogens with two attached hydrogens (primary N) is 1. The van der Waals surface area contributed by atoms with Gasteiger partial charge in [-0.1, -0.05) is 13.0 Å². The second kappa shape index (κ2) is 5.84. The molecule has 3 aliphatic carbocycles. The zero-order chi connectivity index (χ0) is 18.0. The molecule has 0 radical (unpaired) electrons. The number of fused-ring (bicyclic) bond motifs is 5. The summed E-state index contributed by atoms with van der Waals surface area (Å²) in [5.74, 6) is 1.68. The van der Waals surface area contributed by atoms with Gasteiger partial charge in [0.1, 0.15) is 5.75 Å². The lowest BCUT2D eigenvalue weighted by atomic mass is 9.55. The Hall–Kier alpha value is -0.820. The molecule has 0 heterocycles. The number of aryl methyl sites for hydroxylation is 1. The monoisotopic (exact) mass is 385 g/mol. The van der Waals surface area contributed by atoms with Gasteiger partial charge in [0.15, 0.2) is 0 Å². The van der Waals surface area contributed by atoms with Gasteiger partial charge in [-0.2, -0.15) is 13.6 Å². The summed E-state index contributed by atoms with van der Waals surface area (Å²) in [6, 6.07) is 5.48. The van der Waals surface area contributed by atoms with Crippen molar-refractivity contribution in [2.45, 2.75) is 56.4 Å².